The molecule has 1 atom stereocenters. The highest BCUT2D eigenvalue weighted by molar-refractivity contribution is 5.52. The first kappa shape index (κ1) is 14.7. The molecule has 2 aromatic heterocycles. The zero-order valence-corrected chi connectivity index (χ0v) is 13.2. The van der Waals surface area contributed by atoms with E-state index in [9.17, 15) is 0 Å². The van der Waals surface area contributed by atoms with E-state index < -0.39 is 0 Å². The number of nitrogens with zero attached hydrogens (tertiary/aromatic N) is 5. The monoisotopic (exact) mass is 314 g/mol. The summed E-state index contributed by atoms with van der Waals surface area (Å²) in [5.74, 6) is 1.32. The number of hydrogen-bond acceptors (Lipinski definition) is 7. The third-order valence-corrected chi connectivity index (χ3v) is 4.72. The van der Waals surface area contributed by atoms with E-state index in [-0.39, 0.29) is 0 Å². The first-order chi connectivity index (χ1) is 11.4. The standard InChI is InChI=1S/C16H22N6O/c1-4-17-5-2-13(1)16-19-15(23-20-16)12-21-7-9-22(10-8-21)14-3-6-18-11-14/h1-2,4-5,14,18H,3,6-12H2/t14-/m1/s1. The number of hydrogen-bond donors (Lipinski definition) is 1. The highest BCUT2D eigenvalue weighted by atomic mass is 16.5. The first-order valence-electron chi connectivity index (χ1n) is 8.28. The summed E-state index contributed by atoms with van der Waals surface area (Å²) in [6, 6.07) is 4.50. The highest BCUT2D eigenvalue weighted by Gasteiger charge is 2.26. The topological polar surface area (TPSA) is 70.3 Å². The van der Waals surface area contributed by atoms with Gasteiger partial charge in [0, 0.05) is 56.7 Å². The van der Waals surface area contributed by atoms with Crippen LogP contribution in [0, 0.1) is 0 Å². The Balaban J connectivity index is 1.32. The van der Waals surface area contributed by atoms with Gasteiger partial charge in [0.15, 0.2) is 0 Å². The van der Waals surface area contributed by atoms with Gasteiger partial charge in [-0.25, -0.2) is 0 Å². The second kappa shape index (κ2) is 6.74. The van der Waals surface area contributed by atoms with Crippen LogP contribution >= 0.6 is 0 Å². The molecule has 0 saturated carbocycles. The zero-order valence-electron chi connectivity index (χ0n) is 13.2. The lowest BCUT2D eigenvalue weighted by Gasteiger charge is -2.37. The van der Waals surface area contributed by atoms with Crippen molar-refractivity contribution in [3.05, 3.63) is 30.4 Å². The SMILES string of the molecule is c1cc(-c2noc(CN3CCN([C@@H]4CCNC4)CC3)n2)ccn1. The van der Waals surface area contributed by atoms with Crippen molar-refractivity contribution in [3.63, 3.8) is 0 Å². The van der Waals surface area contributed by atoms with Gasteiger partial charge in [-0.3, -0.25) is 14.8 Å². The van der Waals surface area contributed by atoms with Crippen molar-refractivity contribution in [2.45, 2.75) is 19.0 Å². The van der Waals surface area contributed by atoms with Crippen LogP contribution in [-0.2, 0) is 6.54 Å². The van der Waals surface area contributed by atoms with Crippen LogP contribution in [0.2, 0.25) is 0 Å². The van der Waals surface area contributed by atoms with Gasteiger partial charge in [-0.05, 0) is 25.1 Å². The summed E-state index contributed by atoms with van der Waals surface area (Å²) in [7, 11) is 0. The minimum atomic E-state index is 0.637. The van der Waals surface area contributed by atoms with Gasteiger partial charge in [0.2, 0.25) is 11.7 Å². The van der Waals surface area contributed by atoms with E-state index >= 15 is 0 Å². The van der Waals surface area contributed by atoms with Crippen LogP contribution in [0.25, 0.3) is 11.4 Å². The van der Waals surface area contributed by atoms with Gasteiger partial charge in [0.1, 0.15) is 0 Å². The number of nitrogens with one attached hydrogen (secondary N) is 1. The van der Waals surface area contributed by atoms with Gasteiger partial charge in [0.05, 0.1) is 6.54 Å². The predicted octanol–water partition coefficient (Wildman–Crippen LogP) is 0.611. The molecule has 0 spiro atoms. The van der Waals surface area contributed by atoms with Crippen LogP contribution in [0.4, 0.5) is 0 Å². The zero-order chi connectivity index (χ0) is 15.5. The molecule has 0 radical (unpaired) electrons. The van der Waals surface area contributed by atoms with Crippen molar-refractivity contribution in [2.24, 2.45) is 0 Å². The molecule has 2 aliphatic rings. The van der Waals surface area contributed by atoms with Crippen LogP contribution in [-0.4, -0.2) is 70.2 Å². The molecule has 2 aromatic rings. The average molecular weight is 314 g/mol. The van der Waals surface area contributed by atoms with Crippen molar-refractivity contribution in [2.75, 3.05) is 39.3 Å². The first-order valence-corrected chi connectivity index (χ1v) is 8.28. The van der Waals surface area contributed by atoms with Crippen LogP contribution < -0.4 is 5.32 Å². The van der Waals surface area contributed by atoms with Crippen molar-refractivity contribution in [3.8, 4) is 11.4 Å². The van der Waals surface area contributed by atoms with Gasteiger partial charge in [-0.1, -0.05) is 5.16 Å². The summed E-state index contributed by atoms with van der Waals surface area (Å²) in [5, 5.41) is 7.52. The van der Waals surface area contributed by atoms with Crippen LogP contribution in [0.1, 0.15) is 12.3 Å². The van der Waals surface area contributed by atoms with Gasteiger partial charge in [-0.2, -0.15) is 4.98 Å². The Morgan fingerprint density at radius 2 is 2.00 bits per heavy atom. The number of rotatable bonds is 4. The fourth-order valence-electron chi connectivity index (χ4n) is 3.37. The van der Waals surface area contributed by atoms with Crippen LogP contribution in [0.5, 0.6) is 0 Å². The minimum absolute atomic E-state index is 0.637. The van der Waals surface area contributed by atoms with Crippen molar-refractivity contribution in [1.82, 2.24) is 30.2 Å². The molecule has 1 N–H and O–H groups in total. The third kappa shape index (κ3) is 3.41. The molecule has 7 nitrogen and oxygen atoms in total. The Morgan fingerprint density at radius 1 is 1.17 bits per heavy atom. The lowest BCUT2D eigenvalue weighted by Crippen LogP contribution is -2.50. The molecule has 23 heavy (non-hydrogen) atoms. The fraction of sp³-hybridized carbons (Fsp3) is 0.562. The Hall–Kier alpha value is -1.83. The summed E-state index contributed by atoms with van der Waals surface area (Å²) >= 11 is 0. The van der Waals surface area contributed by atoms with Gasteiger partial charge in [-0.15, -0.1) is 0 Å². The van der Waals surface area contributed by atoms with E-state index in [1.165, 1.54) is 6.42 Å². The summed E-state index contributed by atoms with van der Waals surface area (Å²) in [4.78, 5) is 13.5. The molecule has 0 amide bonds. The van der Waals surface area contributed by atoms with E-state index in [0.717, 1.165) is 57.4 Å². The van der Waals surface area contributed by atoms with Crippen LogP contribution in [0.3, 0.4) is 0 Å². The molecule has 0 aromatic carbocycles. The summed E-state index contributed by atoms with van der Waals surface area (Å²) < 4.78 is 5.40. The van der Waals surface area contributed by atoms with E-state index in [4.69, 9.17) is 4.52 Å². The Morgan fingerprint density at radius 3 is 2.74 bits per heavy atom. The molecule has 4 heterocycles. The largest absolute Gasteiger partial charge is 0.338 e. The molecule has 0 bridgehead atoms. The molecule has 2 aliphatic heterocycles. The van der Waals surface area contributed by atoms with E-state index in [0.29, 0.717) is 11.7 Å². The number of pyridine rings is 1. The second-order valence-electron chi connectivity index (χ2n) is 6.21. The molecule has 7 heteroatoms. The number of aromatic nitrogens is 3. The molecule has 122 valence electrons. The third-order valence-electron chi connectivity index (χ3n) is 4.72. The minimum Gasteiger partial charge on any atom is -0.338 e. The Bertz CT molecular complexity index is 617. The maximum absolute atomic E-state index is 5.40. The van der Waals surface area contributed by atoms with Gasteiger partial charge in [0.25, 0.3) is 0 Å². The van der Waals surface area contributed by atoms with Crippen LogP contribution in [0.15, 0.2) is 29.0 Å². The predicted molar refractivity (Wildman–Crippen MR) is 85.7 cm³/mol. The maximum Gasteiger partial charge on any atom is 0.241 e. The van der Waals surface area contributed by atoms with Gasteiger partial charge >= 0.3 is 0 Å². The summed E-state index contributed by atoms with van der Waals surface area (Å²) in [5.41, 5.74) is 0.938. The Kier molecular flexibility index (Phi) is 4.32. The molecule has 4 rings (SSSR count). The summed E-state index contributed by atoms with van der Waals surface area (Å²) in [6.45, 7) is 7.39. The van der Waals surface area contributed by atoms with Crippen molar-refractivity contribution >= 4 is 0 Å². The lowest BCUT2D eigenvalue weighted by molar-refractivity contribution is 0.0908. The van der Waals surface area contributed by atoms with Crippen molar-refractivity contribution in [1.29, 1.82) is 0 Å². The highest BCUT2D eigenvalue weighted by Crippen LogP contribution is 2.16. The molecule has 0 unspecified atom stereocenters. The quantitative estimate of drug-likeness (QED) is 0.886. The lowest BCUT2D eigenvalue weighted by atomic mass is 10.2. The Labute approximate surface area is 135 Å². The second-order valence-corrected chi connectivity index (χ2v) is 6.21. The van der Waals surface area contributed by atoms with E-state index in [1.54, 1.807) is 12.4 Å². The molecule has 0 aliphatic carbocycles. The van der Waals surface area contributed by atoms with Crippen molar-refractivity contribution < 1.29 is 4.52 Å². The summed E-state index contributed by atoms with van der Waals surface area (Å²) in [6.07, 6.45) is 4.75. The smallest absolute Gasteiger partial charge is 0.241 e. The van der Waals surface area contributed by atoms with E-state index in [1.807, 2.05) is 12.1 Å². The molecule has 2 saturated heterocycles. The normalized spacial score (nSPS) is 23.4. The van der Waals surface area contributed by atoms with Gasteiger partial charge < -0.3 is 9.84 Å². The number of piperazine rings is 1. The maximum atomic E-state index is 5.40. The average Bonchev–Trinajstić information content (AvgIpc) is 3.28. The molecule has 2 fully saturated rings. The van der Waals surface area contributed by atoms with E-state index in [2.05, 4.69) is 30.2 Å². The fourth-order valence-corrected chi connectivity index (χ4v) is 3.37. The molecular formula is C16H22N6O. The molecular weight excluding hydrogens is 292 g/mol.